The Hall–Kier alpha value is -0.920. The van der Waals surface area contributed by atoms with Crippen molar-refractivity contribution in [2.75, 3.05) is 7.11 Å². The third-order valence-electron chi connectivity index (χ3n) is 1.14. The fraction of sp³-hybridized carbons (Fsp3) is 0.286. The Labute approximate surface area is 54.4 Å². The molecule has 49 valence electrons. The Morgan fingerprint density at radius 2 is 2.44 bits per heavy atom. The molecule has 1 rings (SSSR count). The number of rotatable bonds is 2. The second-order valence-corrected chi connectivity index (χ2v) is 1.64. The first-order valence-corrected chi connectivity index (χ1v) is 2.79. The summed E-state index contributed by atoms with van der Waals surface area (Å²) in [5.74, 6) is 1.58. The summed E-state index contributed by atoms with van der Waals surface area (Å²) in [6, 6.07) is 1.79. The fourth-order valence-corrected chi connectivity index (χ4v) is 0.688. The Kier molecular flexibility index (Phi) is 1.78. The van der Waals surface area contributed by atoms with Gasteiger partial charge in [0.25, 0.3) is 0 Å². The summed E-state index contributed by atoms with van der Waals surface area (Å²) in [5.41, 5.74) is 0. The van der Waals surface area contributed by atoms with Crippen LogP contribution in [0.1, 0.15) is 12.7 Å². The molecule has 0 bridgehead atoms. The highest BCUT2D eigenvalue weighted by molar-refractivity contribution is 5.28. The predicted molar refractivity (Wildman–Crippen MR) is 34.3 cm³/mol. The molecule has 1 radical (unpaired) electrons. The lowest BCUT2D eigenvalue weighted by molar-refractivity contribution is 0.399. The normalized spacial score (nSPS) is 9.56. The van der Waals surface area contributed by atoms with E-state index in [0.717, 1.165) is 11.5 Å². The summed E-state index contributed by atoms with van der Waals surface area (Å²) < 4.78 is 9.98. The summed E-state index contributed by atoms with van der Waals surface area (Å²) in [6.45, 7) is 1.90. The van der Waals surface area contributed by atoms with Crippen LogP contribution in [0.15, 0.2) is 16.7 Å². The molecule has 9 heavy (non-hydrogen) atoms. The quantitative estimate of drug-likeness (QED) is 0.602. The van der Waals surface area contributed by atoms with Crippen LogP contribution in [-0.4, -0.2) is 7.11 Å². The van der Waals surface area contributed by atoms with Gasteiger partial charge in [-0.3, -0.25) is 0 Å². The molecule has 1 aromatic heterocycles. The number of hydrogen-bond acceptors (Lipinski definition) is 2. The first kappa shape index (κ1) is 6.20. The molecule has 2 heteroatoms. The van der Waals surface area contributed by atoms with Crippen molar-refractivity contribution in [1.82, 2.24) is 0 Å². The second kappa shape index (κ2) is 2.58. The monoisotopic (exact) mass is 125 g/mol. The highest BCUT2D eigenvalue weighted by Gasteiger charge is 2.01. The van der Waals surface area contributed by atoms with Crippen LogP contribution in [0.3, 0.4) is 0 Å². The molecule has 2 nitrogen and oxygen atoms in total. The molecule has 0 fully saturated rings. The second-order valence-electron chi connectivity index (χ2n) is 1.64. The van der Waals surface area contributed by atoms with Crippen molar-refractivity contribution in [2.24, 2.45) is 0 Å². The summed E-state index contributed by atoms with van der Waals surface area (Å²) >= 11 is 0. The molecule has 0 aliphatic rings. The van der Waals surface area contributed by atoms with E-state index in [1.165, 1.54) is 0 Å². The van der Waals surface area contributed by atoms with Crippen LogP contribution in [0.25, 0.3) is 0 Å². The lowest BCUT2D eigenvalue weighted by Crippen LogP contribution is -1.82. The van der Waals surface area contributed by atoms with Crippen molar-refractivity contribution in [3.8, 4) is 5.75 Å². The van der Waals surface area contributed by atoms with Gasteiger partial charge in [0, 0.05) is 12.5 Å². The van der Waals surface area contributed by atoms with E-state index in [9.17, 15) is 0 Å². The van der Waals surface area contributed by atoms with Gasteiger partial charge in [-0.2, -0.15) is 0 Å². The predicted octanol–water partition coefficient (Wildman–Crippen LogP) is 1.86. The zero-order valence-corrected chi connectivity index (χ0v) is 5.55. The van der Waals surface area contributed by atoms with E-state index in [2.05, 4.69) is 0 Å². The molecule has 0 aliphatic carbocycles. The van der Waals surface area contributed by atoms with E-state index in [0.29, 0.717) is 0 Å². The van der Waals surface area contributed by atoms with Gasteiger partial charge in [0.15, 0.2) is 5.75 Å². The fourth-order valence-electron chi connectivity index (χ4n) is 0.688. The van der Waals surface area contributed by atoms with Gasteiger partial charge in [-0.15, -0.1) is 0 Å². The standard InChI is InChI=1S/C7H9O2/c1-3-6-7(8-2)4-5-9-6/h3-5H,1-2H3. The van der Waals surface area contributed by atoms with Crippen LogP contribution >= 0.6 is 0 Å². The largest absolute Gasteiger partial charge is 0.493 e. The third-order valence-corrected chi connectivity index (χ3v) is 1.14. The highest BCUT2D eigenvalue weighted by Crippen LogP contribution is 2.19. The van der Waals surface area contributed by atoms with Crippen molar-refractivity contribution in [3.63, 3.8) is 0 Å². The van der Waals surface area contributed by atoms with E-state index in [1.54, 1.807) is 19.4 Å². The number of furan rings is 1. The molecule has 0 spiro atoms. The van der Waals surface area contributed by atoms with Crippen molar-refractivity contribution in [2.45, 2.75) is 6.92 Å². The molecule has 0 N–H and O–H groups in total. The maximum atomic E-state index is 5.02. The first-order chi connectivity index (χ1) is 4.38. The smallest absolute Gasteiger partial charge is 0.160 e. The maximum absolute atomic E-state index is 5.02. The van der Waals surface area contributed by atoms with Crippen molar-refractivity contribution >= 4 is 0 Å². The lowest BCUT2D eigenvalue weighted by Gasteiger charge is -1.94. The molecule has 1 heterocycles. The van der Waals surface area contributed by atoms with Gasteiger partial charge < -0.3 is 9.15 Å². The molecule has 0 saturated heterocycles. The van der Waals surface area contributed by atoms with E-state index >= 15 is 0 Å². The van der Waals surface area contributed by atoms with Gasteiger partial charge >= 0.3 is 0 Å². The summed E-state index contributed by atoms with van der Waals surface area (Å²) in [4.78, 5) is 0. The summed E-state index contributed by atoms with van der Waals surface area (Å²) in [5, 5.41) is 0. The van der Waals surface area contributed by atoms with Gasteiger partial charge in [-0.05, 0) is 0 Å². The van der Waals surface area contributed by atoms with Crippen LogP contribution in [0.2, 0.25) is 0 Å². The molecule has 0 saturated carbocycles. The van der Waals surface area contributed by atoms with Crippen molar-refractivity contribution in [3.05, 3.63) is 24.5 Å². The van der Waals surface area contributed by atoms with Gasteiger partial charge in [0.05, 0.1) is 13.4 Å². The Bertz CT molecular complexity index is 160. The Morgan fingerprint density at radius 1 is 1.67 bits per heavy atom. The molecule has 0 atom stereocenters. The zero-order chi connectivity index (χ0) is 6.69. The van der Waals surface area contributed by atoms with Crippen LogP contribution in [-0.2, 0) is 0 Å². The molecule has 1 aromatic rings. The van der Waals surface area contributed by atoms with Gasteiger partial charge in [0.2, 0.25) is 0 Å². The number of methoxy groups -OCH3 is 1. The summed E-state index contributed by atoms with van der Waals surface area (Å²) in [7, 11) is 1.62. The first-order valence-electron chi connectivity index (χ1n) is 2.79. The van der Waals surface area contributed by atoms with E-state index in [-0.39, 0.29) is 0 Å². The van der Waals surface area contributed by atoms with Gasteiger partial charge in [0.1, 0.15) is 5.76 Å². The third kappa shape index (κ3) is 1.07. The van der Waals surface area contributed by atoms with Crippen molar-refractivity contribution in [1.29, 1.82) is 0 Å². The lowest BCUT2D eigenvalue weighted by atomic mass is 10.3. The van der Waals surface area contributed by atoms with Crippen LogP contribution < -0.4 is 4.74 Å². The molecular formula is C7H9O2. The minimum atomic E-state index is 0.789. The molecule has 0 aromatic carbocycles. The zero-order valence-electron chi connectivity index (χ0n) is 5.55. The molecule has 0 unspecified atom stereocenters. The molecule has 0 amide bonds. The maximum Gasteiger partial charge on any atom is 0.160 e. The average molecular weight is 125 g/mol. The van der Waals surface area contributed by atoms with E-state index < -0.39 is 0 Å². The number of hydrogen-bond donors (Lipinski definition) is 0. The van der Waals surface area contributed by atoms with Crippen LogP contribution in [0.5, 0.6) is 5.75 Å². The highest BCUT2D eigenvalue weighted by atomic mass is 16.5. The van der Waals surface area contributed by atoms with Crippen LogP contribution in [0.4, 0.5) is 0 Å². The number of ether oxygens (including phenoxy) is 1. The van der Waals surface area contributed by atoms with Crippen molar-refractivity contribution < 1.29 is 9.15 Å². The topological polar surface area (TPSA) is 22.4 Å². The van der Waals surface area contributed by atoms with E-state index in [4.69, 9.17) is 9.15 Å². The minimum absolute atomic E-state index is 0.789. The average Bonchev–Trinajstić information content (AvgIpc) is 2.33. The van der Waals surface area contributed by atoms with Gasteiger partial charge in [-0.25, -0.2) is 0 Å². The SMILES string of the molecule is C[CH]c1occc1OC. The van der Waals surface area contributed by atoms with E-state index in [1.807, 2.05) is 13.3 Å². The van der Waals surface area contributed by atoms with Gasteiger partial charge in [-0.1, -0.05) is 6.92 Å². The Morgan fingerprint density at radius 3 is 2.89 bits per heavy atom. The summed E-state index contributed by atoms with van der Waals surface area (Å²) in [6.07, 6.45) is 3.47. The Balaban J connectivity index is 2.85. The molecule has 0 aliphatic heterocycles. The molecular weight excluding hydrogens is 116 g/mol. The minimum Gasteiger partial charge on any atom is -0.493 e. The van der Waals surface area contributed by atoms with Crippen LogP contribution in [0, 0.1) is 6.42 Å².